The number of anilines is 1. The van der Waals surface area contributed by atoms with E-state index in [0.29, 0.717) is 26.9 Å². The van der Waals surface area contributed by atoms with Gasteiger partial charge in [0, 0.05) is 29.2 Å². The Bertz CT molecular complexity index is 970. The molecule has 0 bridgehead atoms. The van der Waals surface area contributed by atoms with Crippen molar-refractivity contribution in [1.82, 2.24) is 4.90 Å². The van der Waals surface area contributed by atoms with Crippen molar-refractivity contribution >= 4 is 40.1 Å². The number of benzene rings is 2. The zero-order valence-electron chi connectivity index (χ0n) is 19.5. The molecule has 0 radical (unpaired) electrons. The fourth-order valence-corrected chi connectivity index (χ4v) is 4.60. The maximum absolute atomic E-state index is 12.9. The van der Waals surface area contributed by atoms with Gasteiger partial charge in [0.15, 0.2) is 0 Å². The van der Waals surface area contributed by atoms with Crippen LogP contribution < -0.4 is 10.1 Å². The van der Waals surface area contributed by atoms with Gasteiger partial charge in [0.1, 0.15) is 11.9 Å². The van der Waals surface area contributed by atoms with E-state index in [1.165, 1.54) is 0 Å². The molecule has 0 spiro atoms. The Morgan fingerprint density at radius 3 is 2.47 bits per heavy atom. The third kappa shape index (κ3) is 6.67. The summed E-state index contributed by atoms with van der Waals surface area (Å²) in [6.07, 6.45) is 3.74. The molecule has 32 heavy (non-hydrogen) atoms. The van der Waals surface area contributed by atoms with Crippen molar-refractivity contribution in [2.75, 3.05) is 25.5 Å². The summed E-state index contributed by atoms with van der Waals surface area (Å²) in [7, 11) is 0.929. The fourth-order valence-electron chi connectivity index (χ4n) is 3.40. The molecule has 7 heteroatoms. The molecule has 0 aliphatic carbocycles. The molecular formula is C25H33ClN2O3S. The summed E-state index contributed by atoms with van der Waals surface area (Å²) in [5.41, 5.74) is 1.89. The van der Waals surface area contributed by atoms with Gasteiger partial charge in [0.2, 0.25) is 0 Å². The Morgan fingerprint density at radius 2 is 1.78 bits per heavy atom. The first-order valence-electron chi connectivity index (χ1n) is 11.2. The number of hydrogen-bond donors (Lipinski definition) is 1. The summed E-state index contributed by atoms with van der Waals surface area (Å²) in [6, 6.07) is 10.5. The van der Waals surface area contributed by atoms with Crippen LogP contribution in [0.4, 0.5) is 5.69 Å². The molecule has 1 N–H and O–H groups in total. The second-order valence-corrected chi connectivity index (χ2v) is 8.81. The van der Waals surface area contributed by atoms with E-state index in [1.54, 1.807) is 35.7 Å². The third-order valence-corrected chi connectivity index (χ3v) is 6.41. The van der Waals surface area contributed by atoms with Crippen molar-refractivity contribution in [1.29, 1.82) is 0 Å². The first-order valence-corrected chi connectivity index (χ1v) is 12.8. The fraction of sp³-hybridized carbons (Fsp3) is 0.400. The molecule has 174 valence electrons. The summed E-state index contributed by atoms with van der Waals surface area (Å²) < 4.78 is 18.1. The molecule has 2 aliphatic heterocycles. The lowest BCUT2D eigenvalue weighted by atomic mass is 10.1. The number of rotatable bonds is 4. The predicted octanol–water partition coefficient (Wildman–Crippen LogP) is 6.21. The van der Waals surface area contributed by atoms with Gasteiger partial charge in [-0.1, -0.05) is 45.4 Å². The summed E-state index contributed by atoms with van der Waals surface area (Å²) in [4.78, 5) is 15.9. The van der Waals surface area contributed by atoms with E-state index >= 15 is 0 Å². The average molecular weight is 477 g/mol. The zero-order valence-corrected chi connectivity index (χ0v) is 21.1. The van der Waals surface area contributed by atoms with Crippen LogP contribution >= 0.6 is 11.6 Å². The quantitative estimate of drug-likeness (QED) is 0.569. The molecule has 1 saturated heterocycles. The van der Waals surface area contributed by atoms with Gasteiger partial charge in [-0.25, -0.2) is 4.21 Å². The van der Waals surface area contributed by atoms with Gasteiger partial charge in [-0.15, -0.1) is 0 Å². The Kier molecular flexibility index (Phi) is 10.4. The van der Waals surface area contributed by atoms with Crippen LogP contribution in [0.1, 0.15) is 56.5 Å². The topological polar surface area (TPSA) is 58.6 Å². The Labute approximate surface area is 199 Å². The van der Waals surface area contributed by atoms with Crippen LogP contribution in [0, 0.1) is 0 Å². The molecule has 1 unspecified atom stereocenters. The normalized spacial score (nSPS) is 17.4. The van der Waals surface area contributed by atoms with Crippen LogP contribution in [0.3, 0.4) is 0 Å². The molecule has 2 heterocycles. The summed E-state index contributed by atoms with van der Waals surface area (Å²) >= 11 is 6.13. The molecule has 4 rings (SSSR count). The van der Waals surface area contributed by atoms with Gasteiger partial charge >= 0.3 is 0 Å². The number of carbonyl (C=O) groups is 1. The van der Waals surface area contributed by atoms with Gasteiger partial charge in [-0.2, -0.15) is 0 Å². The number of amides is 1. The summed E-state index contributed by atoms with van der Waals surface area (Å²) in [6.45, 7) is 9.94. The van der Waals surface area contributed by atoms with E-state index in [4.69, 9.17) is 16.3 Å². The zero-order chi connectivity index (χ0) is 23.7. The molecule has 0 saturated carbocycles. The number of ether oxygens (including phenoxy) is 1. The number of nitrogens with one attached hydrogen (secondary N) is 1. The smallest absolute Gasteiger partial charge is 0.259 e. The second kappa shape index (κ2) is 12.8. The highest BCUT2D eigenvalue weighted by atomic mass is 35.5. The van der Waals surface area contributed by atoms with Gasteiger partial charge in [0.25, 0.3) is 5.91 Å². The van der Waals surface area contributed by atoms with E-state index in [-0.39, 0.29) is 12.0 Å². The van der Waals surface area contributed by atoms with E-state index < -0.39 is 10.8 Å². The Hall–Kier alpha value is -2.15. The minimum Gasteiger partial charge on any atom is -0.489 e. The molecule has 2 aromatic carbocycles. The molecular weight excluding hydrogens is 444 g/mol. The van der Waals surface area contributed by atoms with Crippen LogP contribution in [0.25, 0.3) is 6.08 Å². The van der Waals surface area contributed by atoms with E-state index in [1.807, 2.05) is 39.8 Å². The number of piperidine rings is 1. The molecule has 5 nitrogen and oxygen atoms in total. The lowest BCUT2D eigenvalue weighted by Gasteiger charge is -2.29. The number of likely N-dealkylation sites (tertiary alicyclic amines) is 1. The maximum Gasteiger partial charge on any atom is 0.259 e. The van der Waals surface area contributed by atoms with Crippen LogP contribution in [-0.4, -0.2) is 41.3 Å². The van der Waals surface area contributed by atoms with Crippen LogP contribution in [0.2, 0.25) is 5.02 Å². The lowest BCUT2D eigenvalue weighted by Crippen LogP contribution is -2.36. The molecule has 2 aliphatic rings. The number of fused-ring (bicyclic) bond motifs is 1. The average Bonchev–Trinajstić information content (AvgIpc) is 3.19. The van der Waals surface area contributed by atoms with Gasteiger partial charge in [-0.3, -0.25) is 4.79 Å². The molecule has 2 aromatic rings. The number of hydrogen-bond acceptors (Lipinski definition) is 4. The van der Waals surface area contributed by atoms with Crippen molar-refractivity contribution in [2.24, 2.45) is 0 Å². The third-order valence-electron chi connectivity index (χ3n) is 5.00. The van der Waals surface area contributed by atoms with Crippen molar-refractivity contribution in [3.8, 4) is 5.75 Å². The lowest BCUT2D eigenvalue weighted by molar-refractivity contribution is 0.0989. The van der Waals surface area contributed by atoms with Crippen molar-refractivity contribution in [2.45, 2.75) is 51.5 Å². The van der Waals surface area contributed by atoms with E-state index in [9.17, 15) is 9.00 Å². The van der Waals surface area contributed by atoms with E-state index in [0.717, 1.165) is 31.5 Å². The Morgan fingerprint density at radius 1 is 1.09 bits per heavy atom. The van der Waals surface area contributed by atoms with E-state index in [2.05, 4.69) is 17.3 Å². The SMILES string of the molecule is CC.CC.CN1CCC(Oc2ccc(Cl)cc2C(=O)Nc2ccc3c(c2)S(=O)C=C3)CC1. The van der Waals surface area contributed by atoms with Crippen molar-refractivity contribution in [3.05, 3.63) is 58.0 Å². The number of nitrogens with zero attached hydrogens (tertiary/aromatic N) is 1. The van der Waals surface area contributed by atoms with Crippen LogP contribution in [0.15, 0.2) is 46.7 Å². The van der Waals surface area contributed by atoms with Crippen LogP contribution in [-0.2, 0) is 10.8 Å². The molecule has 1 fully saturated rings. The Balaban J connectivity index is 0.000000860. The molecule has 1 atom stereocenters. The monoisotopic (exact) mass is 476 g/mol. The minimum atomic E-state index is -1.17. The maximum atomic E-state index is 12.9. The summed E-state index contributed by atoms with van der Waals surface area (Å²) in [5, 5.41) is 4.98. The highest BCUT2D eigenvalue weighted by molar-refractivity contribution is 7.88. The van der Waals surface area contributed by atoms with Crippen LogP contribution in [0.5, 0.6) is 5.75 Å². The van der Waals surface area contributed by atoms with Gasteiger partial charge < -0.3 is 15.0 Å². The van der Waals surface area contributed by atoms with Gasteiger partial charge in [0.05, 0.1) is 21.3 Å². The minimum absolute atomic E-state index is 0.0809. The predicted molar refractivity (Wildman–Crippen MR) is 135 cm³/mol. The number of carbonyl (C=O) groups excluding carboxylic acids is 1. The molecule has 0 aromatic heterocycles. The molecule has 1 amide bonds. The first kappa shape index (κ1) is 26.1. The second-order valence-electron chi connectivity index (χ2n) is 7.07. The largest absolute Gasteiger partial charge is 0.489 e. The standard InChI is InChI=1S/C21H21ClN2O3S.2C2H6/c1-24-9-6-17(7-10-24)27-19-5-3-15(22)12-18(19)21(25)23-16-4-2-14-8-11-28(26)20(14)13-16;2*1-2/h2-5,8,11-13,17H,6-7,9-10H2,1H3,(H,23,25);2*1-2H3. The number of halogens is 1. The highest BCUT2D eigenvalue weighted by Gasteiger charge is 2.22. The first-order chi connectivity index (χ1) is 15.5. The van der Waals surface area contributed by atoms with Crippen molar-refractivity contribution < 1.29 is 13.7 Å². The highest BCUT2D eigenvalue weighted by Crippen LogP contribution is 2.29. The van der Waals surface area contributed by atoms with Crippen molar-refractivity contribution in [3.63, 3.8) is 0 Å². The summed E-state index contributed by atoms with van der Waals surface area (Å²) in [5.74, 6) is 0.227. The van der Waals surface area contributed by atoms with Gasteiger partial charge in [-0.05, 0) is 61.9 Å².